The van der Waals surface area contributed by atoms with Crippen molar-refractivity contribution < 1.29 is 9.53 Å². The van der Waals surface area contributed by atoms with E-state index in [1.165, 1.54) is 11.8 Å². The molecule has 5 nitrogen and oxygen atoms in total. The number of nitrogens with zero attached hydrogens (tertiary/aromatic N) is 2. The summed E-state index contributed by atoms with van der Waals surface area (Å²) in [5, 5.41) is 0.694. The van der Waals surface area contributed by atoms with Crippen molar-refractivity contribution in [3.05, 3.63) is 59.9 Å². The second kappa shape index (κ2) is 6.57. The average molecular weight is 349 g/mol. The Balaban J connectivity index is 1.82. The number of carbonyl (C=O) groups excluding carboxylic acids is 1. The van der Waals surface area contributed by atoms with Crippen LogP contribution in [0, 0.1) is 0 Å². The quantitative estimate of drug-likeness (QED) is 0.778. The highest BCUT2D eigenvalue weighted by Crippen LogP contribution is 2.29. The summed E-state index contributed by atoms with van der Waals surface area (Å²) in [6.07, 6.45) is 1.99. The van der Waals surface area contributed by atoms with Gasteiger partial charge in [0.25, 0.3) is 5.91 Å². The number of aromatic nitrogens is 2. The van der Waals surface area contributed by atoms with Crippen molar-refractivity contribution in [2.24, 2.45) is 4.99 Å². The molecule has 0 aliphatic carbocycles. The van der Waals surface area contributed by atoms with Gasteiger partial charge in [-0.05, 0) is 35.9 Å². The molecule has 0 radical (unpaired) electrons. The molecule has 2 heterocycles. The van der Waals surface area contributed by atoms with Crippen LogP contribution in [0.15, 0.2) is 53.5 Å². The molecule has 0 spiro atoms. The highest BCUT2D eigenvalue weighted by Gasteiger charge is 2.22. The Morgan fingerprint density at radius 3 is 2.68 bits per heavy atom. The highest BCUT2D eigenvalue weighted by atomic mass is 32.2. The second-order valence-electron chi connectivity index (χ2n) is 5.53. The lowest BCUT2D eigenvalue weighted by atomic mass is 10.1. The van der Waals surface area contributed by atoms with Crippen LogP contribution >= 0.6 is 11.8 Å². The third-order valence-electron chi connectivity index (χ3n) is 3.86. The fourth-order valence-electron chi connectivity index (χ4n) is 2.62. The van der Waals surface area contributed by atoms with Crippen LogP contribution in [0.25, 0.3) is 22.7 Å². The number of aliphatic imine (C=N–C) groups is 1. The van der Waals surface area contributed by atoms with Crippen molar-refractivity contribution in [1.82, 2.24) is 9.97 Å². The molecule has 124 valence electrons. The number of imidazole rings is 1. The molecule has 0 unspecified atom stereocenters. The van der Waals surface area contributed by atoms with E-state index in [1.807, 2.05) is 54.6 Å². The number of hydrogen-bond acceptors (Lipinski definition) is 4. The number of ether oxygens (including phenoxy) is 1. The summed E-state index contributed by atoms with van der Waals surface area (Å²) in [6, 6.07) is 15.6. The summed E-state index contributed by atoms with van der Waals surface area (Å²) >= 11 is 1.44. The minimum Gasteiger partial charge on any atom is -0.497 e. The van der Waals surface area contributed by atoms with Gasteiger partial charge < -0.3 is 9.72 Å². The Kier molecular flexibility index (Phi) is 4.11. The van der Waals surface area contributed by atoms with E-state index in [-0.39, 0.29) is 5.91 Å². The molecule has 4 rings (SSSR count). The molecule has 6 heteroatoms. The van der Waals surface area contributed by atoms with Crippen LogP contribution in [0.1, 0.15) is 11.4 Å². The number of fused-ring (bicyclic) bond motifs is 1. The second-order valence-corrected chi connectivity index (χ2v) is 6.50. The van der Waals surface area contributed by atoms with E-state index in [1.54, 1.807) is 7.11 Å². The van der Waals surface area contributed by atoms with E-state index in [0.717, 1.165) is 27.9 Å². The van der Waals surface area contributed by atoms with Gasteiger partial charge in [0.2, 0.25) is 0 Å². The molecule has 1 amide bonds. The summed E-state index contributed by atoms with van der Waals surface area (Å²) in [4.78, 5) is 23.7. The van der Waals surface area contributed by atoms with Gasteiger partial charge in [-0.1, -0.05) is 36.0 Å². The number of benzene rings is 2. The molecule has 1 aliphatic heterocycles. The first-order valence-corrected chi connectivity index (χ1v) is 8.77. The molecular weight excluding hydrogens is 334 g/mol. The molecule has 0 saturated heterocycles. The lowest BCUT2D eigenvalue weighted by Gasteiger charge is -2.05. The minimum atomic E-state index is -0.114. The van der Waals surface area contributed by atoms with Crippen molar-refractivity contribution in [2.75, 3.05) is 12.9 Å². The van der Waals surface area contributed by atoms with Gasteiger partial charge in [-0.3, -0.25) is 4.79 Å². The summed E-state index contributed by atoms with van der Waals surface area (Å²) < 4.78 is 5.20. The van der Waals surface area contributed by atoms with Gasteiger partial charge in [-0.25, -0.2) is 9.98 Å². The van der Waals surface area contributed by atoms with Gasteiger partial charge in [0.15, 0.2) is 0 Å². The number of carbonyl (C=O) groups is 1. The Morgan fingerprint density at radius 2 is 2.00 bits per heavy atom. The average Bonchev–Trinajstić information content (AvgIpc) is 3.26. The van der Waals surface area contributed by atoms with Gasteiger partial charge in [0.1, 0.15) is 16.6 Å². The zero-order valence-corrected chi connectivity index (χ0v) is 14.3. The standard InChI is InChI=1S/C19H15N3O2S/c1-24-13-8-6-12(7-9-13)10-14(19-22-17(23)11-25-19)18-20-15-4-2-3-5-16(15)21-18/h2-10H,11H2,1H3,(H,20,21)/b14-10+. The van der Waals surface area contributed by atoms with E-state index >= 15 is 0 Å². The smallest absolute Gasteiger partial charge is 0.257 e. The van der Waals surface area contributed by atoms with E-state index in [2.05, 4.69) is 15.0 Å². The van der Waals surface area contributed by atoms with Gasteiger partial charge in [0, 0.05) is 0 Å². The summed E-state index contributed by atoms with van der Waals surface area (Å²) in [6.45, 7) is 0. The number of rotatable bonds is 4. The Labute approximate surface area is 148 Å². The van der Waals surface area contributed by atoms with Crippen LogP contribution in [0.3, 0.4) is 0 Å². The van der Waals surface area contributed by atoms with Crippen molar-refractivity contribution in [2.45, 2.75) is 0 Å². The molecule has 25 heavy (non-hydrogen) atoms. The number of hydrogen-bond donors (Lipinski definition) is 1. The number of para-hydroxylation sites is 2. The zero-order chi connectivity index (χ0) is 17.2. The number of amides is 1. The SMILES string of the molecule is COc1ccc(/C=C(/C2=NC(=O)CS2)c2nc3ccccc3[nH]2)cc1. The highest BCUT2D eigenvalue weighted by molar-refractivity contribution is 8.16. The molecular formula is C19H15N3O2S. The van der Waals surface area contributed by atoms with Crippen molar-refractivity contribution in [1.29, 1.82) is 0 Å². The van der Waals surface area contributed by atoms with Gasteiger partial charge >= 0.3 is 0 Å². The number of thioether (sulfide) groups is 1. The van der Waals surface area contributed by atoms with E-state index < -0.39 is 0 Å². The Bertz CT molecular complexity index is 970. The van der Waals surface area contributed by atoms with E-state index in [0.29, 0.717) is 16.6 Å². The molecule has 0 bridgehead atoms. The lowest BCUT2D eigenvalue weighted by molar-refractivity contribution is -0.115. The lowest BCUT2D eigenvalue weighted by Crippen LogP contribution is -1.97. The predicted molar refractivity (Wildman–Crippen MR) is 102 cm³/mol. The molecule has 3 aromatic rings. The van der Waals surface area contributed by atoms with Gasteiger partial charge in [0.05, 0.1) is 29.5 Å². The Hall–Kier alpha value is -2.86. The number of H-pyrrole nitrogens is 1. The van der Waals surface area contributed by atoms with Crippen molar-refractivity contribution in [3.63, 3.8) is 0 Å². The fourth-order valence-corrected chi connectivity index (χ4v) is 3.43. The van der Waals surface area contributed by atoms with Crippen LogP contribution < -0.4 is 4.74 Å². The third kappa shape index (κ3) is 3.21. The number of nitrogens with one attached hydrogen (secondary N) is 1. The first-order chi connectivity index (χ1) is 12.2. The molecule has 1 N–H and O–H groups in total. The maximum absolute atomic E-state index is 11.6. The monoisotopic (exact) mass is 349 g/mol. The molecule has 1 aromatic heterocycles. The first-order valence-electron chi connectivity index (χ1n) is 7.78. The normalized spacial score (nSPS) is 14.8. The van der Waals surface area contributed by atoms with Crippen LogP contribution in [0.5, 0.6) is 5.75 Å². The summed E-state index contributed by atoms with van der Waals surface area (Å²) in [7, 11) is 1.64. The minimum absolute atomic E-state index is 0.114. The molecule has 1 aliphatic rings. The Morgan fingerprint density at radius 1 is 1.20 bits per heavy atom. The predicted octanol–water partition coefficient (Wildman–Crippen LogP) is 3.78. The maximum atomic E-state index is 11.6. The van der Waals surface area contributed by atoms with Gasteiger partial charge in [-0.15, -0.1) is 0 Å². The fraction of sp³-hybridized carbons (Fsp3) is 0.105. The van der Waals surface area contributed by atoms with Crippen LogP contribution in [-0.4, -0.2) is 33.8 Å². The topological polar surface area (TPSA) is 67.3 Å². The van der Waals surface area contributed by atoms with Crippen molar-refractivity contribution >= 4 is 45.4 Å². The number of aromatic amines is 1. The first kappa shape index (κ1) is 15.7. The molecule has 2 aromatic carbocycles. The third-order valence-corrected chi connectivity index (χ3v) is 4.84. The zero-order valence-electron chi connectivity index (χ0n) is 13.5. The summed E-state index contributed by atoms with van der Waals surface area (Å²) in [5.74, 6) is 1.76. The van der Waals surface area contributed by atoms with Gasteiger partial charge in [-0.2, -0.15) is 0 Å². The van der Waals surface area contributed by atoms with Crippen LogP contribution in [-0.2, 0) is 4.79 Å². The van der Waals surface area contributed by atoms with E-state index in [4.69, 9.17) is 4.74 Å². The molecule has 0 fully saturated rings. The molecule has 0 atom stereocenters. The molecule has 0 saturated carbocycles. The van der Waals surface area contributed by atoms with E-state index in [9.17, 15) is 4.79 Å². The van der Waals surface area contributed by atoms with Crippen molar-refractivity contribution in [3.8, 4) is 5.75 Å². The maximum Gasteiger partial charge on any atom is 0.257 e. The largest absolute Gasteiger partial charge is 0.497 e. The van der Waals surface area contributed by atoms with Crippen LogP contribution in [0.4, 0.5) is 0 Å². The van der Waals surface area contributed by atoms with Crippen LogP contribution in [0.2, 0.25) is 0 Å². The number of methoxy groups -OCH3 is 1. The summed E-state index contributed by atoms with van der Waals surface area (Å²) in [5.41, 5.74) is 3.64.